The van der Waals surface area contributed by atoms with Crippen LogP contribution in [0.5, 0.6) is 0 Å². The largest absolute Gasteiger partial charge is 0.393 e. The monoisotopic (exact) mass is 281 g/mol. The predicted octanol–water partition coefficient (Wildman–Crippen LogP) is 4.41. The van der Waals surface area contributed by atoms with Gasteiger partial charge in [0.1, 0.15) is 6.29 Å². The summed E-state index contributed by atoms with van der Waals surface area (Å²) in [6.07, 6.45) is 1.23. The van der Waals surface area contributed by atoms with E-state index in [-0.39, 0.29) is 6.42 Å². The normalized spacial score (nSPS) is 21.6. The van der Waals surface area contributed by atoms with Gasteiger partial charge in [0.05, 0.1) is 5.92 Å². The molecule has 105 valence electrons. The standard InChI is InChI=1S/C13H20F3OS/c1-2-12(11(8-9-17)13(14,15)16)18-10-6-4-3-5-7-10/h9-12H,1-8H2. The molecule has 0 aliphatic heterocycles. The minimum absolute atomic E-state index is 0.221. The van der Waals surface area contributed by atoms with Gasteiger partial charge < -0.3 is 4.79 Å². The highest BCUT2D eigenvalue weighted by atomic mass is 32.2. The summed E-state index contributed by atoms with van der Waals surface area (Å²) in [6.45, 7) is 3.63. The lowest BCUT2D eigenvalue weighted by Gasteiger charge is -2.31. The average molecular weight is 281 g/mol. The Hall–Kier alpha value is -0.190. The highest BCUT2D eigenvalue weighted by Crippen LogP contribution is 2.41. The van der Waals surface area contributed by atoms with Crippen molar-refractivity contribution in [1.82, 2.24) is 0 Å². The van der Waals surface area contributed by atoms with Crippen LogP contribution in [0.3, 0.4) is 0 Å². The average Bonchev–Trinajstić information content (AvgIpc) is 2.33. The maximum Gasteiger partial charge on any atom is 0.393 e. The van der Waals surface area contributed by atoms with Crippen LogP contribution in [0.15, 0.2) is 0 Å². The third-order valence-corrected chi connectivity index (χ3v) is 5.19. The molecule has 0 aromatic rings. The van der Waals surface area contributed by atoms with Crippen molar-refractivity contribution in [1.29, 1.82) is 0 Å². The van der Waals surface area contributed by atoms with Gasteiger partial charge in [-0.1, -0.05) is 26.2 Å². The highest BCUT2D eigenvalue weighted by Gasteiger charge is 2.44. The third kappa shape index (κ3) is 4.82. The van der Waals surface area contributed by atoms with E-state index in [1.807, 2.05) is 0 Å². The van der Waals surface area contributed by atoms with Crippen LogP contribution in [0.2, 0.25) is 0 Å². The van der Waals surface area contributed by atoms with E-state index in [2.05, 4.69) is 6.92 Å². The molecule has 0 heterocycles. The van der Waals surface area contributed by atoms with Crippen molar-refractivity contribution in [3.05, 3.63) is 6.92 Å². The van der Waals surface area contributed by atoms with Gasteiger partial charge in [0.15, 0.2) is 0 Å². The fourth-order valence-electron chi connectivity index (χ4n) is 2.41. The van der Waals surface area contributed by atoms with Crippen LogP contribution in [0.25, 0.3) is 0 Å². The second kappa shape index (κ2) is 7.41. The molecule has 1 saturated carbocycles. The van der Waals surface area contributed by atoms with E-state index in [1.54, 1.807) is 0 Å². The van der Waals surface area contributed by atoms with Gasteiger partial charge in [-0.2, -0.15) is 24.9 Å². The minimum atomic E-state index is -4.30. The Morgan fingerprint density at radius 1 is 1.28 bits per heavy atom. The van der Waals surface area contributed by atoms with Crippen molar-refractivity contribution < 1.29 is 18.0 Å². The van der Waals surface area contributed by atoms with Gasteiger partial charge in [0.25, 0.3) is 0 Å². The zero-order chi connectivity index (χ0) is 13.6. The lowest BCUT2D eigenvalue weighted by Crippen LogP contribution is -2.34. The summed E-state index contributed by atoms with van der Waals surface area (Å²) in [7, 11) is 0. The summed E-state index contributed by atoms with van der Waals surface area (Å²) in [4.78, 5) is 10.4. The van der Waals surface area contributed by atoms with Gasteiger partial charge in [-0.15, -0.1) is 0 Å². The second-order valence-electron chi connectivity index (χ2n) is 4.77. The summed E-state index contributed by atoms with van der Waals surface area (Å²) < 4.78 is 38.7. The number of thioether (sulfide) groups is 1. The second-order valence-corrected chi connectivity index (χ2v) is 6.32. The Kier molecular flexibility index (Phi) is 6.53. The molecule has 0 bridgehead atoms. The summed E-state index contributed by atoms with van der Waals surface area (Å²) in [5.74, 6) is -1.54. The Morgan fingerprint density at radius 2 is 1.89 bits per heavy atom. The number of halogens is 3. The van der Waals surface area contributed by atoms with E-state index in [9.17, 15) is 18.0 Å². The van der Waals surface area contributed by atoms with Crippen molar-refractivity contribution >= 4 is 18.0 Å². The van der Waals surface area contributed by atoms with E-state index < -0.39 is 23.8 Å². The molecular weight excluding hydrogens is 261 g/mol. The van der Waals surface area contributed by atoms with Crippen molar-refractivity contribution in [3.63, 3.8) is 0 Å². The minimum Gasteiger partial charge on any atom is -0.303 e. The molecule has 1 rings (SSSR count). The Balaban J connectivity index is 2.62. The predicted molar refractivity (Wildman–Crippen MR) is 68.5 cm³/mol. The molecule has 2 atom stereocenters. The van der Waals surface area contributed by atoms with Crippen LogP contribution >= 0.6 is 11.8 Å². The van der Waals surface area contributed by atoms with Crippen LogP contribution in [0.4, 0.5) is 13.2 Å². The summed E-state index contributed by atoms with van der Waals surface area (Å²) in [5, 5.41) is -0.277. The smallest absolute Gasteiger partial charge is 0.303 e. The highest BCUT2D eigenvalue weighted by molar-refractivity contribution is 8.00. The zero-order valence-electron chi connectivity index (χ0n) is 10.4. The SMILES string of the molecule is [CH2]CC(SC1CCCCC1)C(CC=O)C(F)(F)F. The fraction of sp³-hybridized carbons (Fsp3) is 0.846. The number of hydrogen-bond donors (Lipinski definition) is 0. The van der Waals surface area contributed by atoms with Gasteiger partial charge in [-0.25, -0.2) is 0 Å². The van der Waals surface area contributed by atoms with Gasteiger partial charge >= 0.3 is 6.18 Å². The topological polar surface area (TPSA) is 17.1 Å². The molecule has 0 N–H and O–H groups in total. The fourth-order valence-corrected chi connectivity index (χ4v) is 4.10. The molecular formula is C13H20F3OS. The first kappa shape index (κ1) is 15.9. The van der Waals surface area contributed by atoms with Crippen molar-refractivity contribution in [2.75, 3.05) is 0 Å². The molecule has 0 amide bonds. The van der Waals surface area contributed by atoms with E-state index in [0.29, 0.717) is 11.5 Å². The number of aldehydes is 1. The van der Waals surface area contributed by atoms with Crippen LogP contribution < -0.4 is 0 Å². The molecule has 1 nitrogen and oxygen atoms in total. The summed E-state index contributed by atoms with van der Waals surface area (Å²) >= 11 is 1.40. The van der Waals surface area contributed by atoms with E-state index >= 15 is 0 Å². The maximum absolute atomic E-state index is 12.9. The number of carbonyl (C=O) groups excluding carboxylic acids is 1. The van der Waals surface area contributed by atoms with Gasteiger partial charge in [-0.05, 0) is 19.3 Å². The summed E-state index contributed by atoms with van der Waals surface area (Å²) in [6, 6.07) is 0. The Labute approximate surface area is 111 Å². The number of carbonyl (C=O) groups is 1. The lowest BCUT2D eigenvalue weighted by molar-refractivity contribution is -0.176. The summed E-state index contributed by atoms with van der Waals surface area (Å²) in [5.41, 5.74) is 0. The quantitative estimate of drug-likeness (QED) is 0.671. The molecule has 0 saturated heterocycles. The first-order valence-corrected chi connectivity index (χ1v) is 7.38. The molecule has 0 aromatic carbocycles. The molecule has 1 aliphatic rings. The molecule has 1 aliphatic carbocycles. The van der Waals surface area contributed by atoms with E-state index in [1.165, 1.54) is 18.2 Å². The molecule has 2 unspecified atom stereocenters. The van der Waals surface area contributed by atoms with E-state index in [0.717, 1.165) is 25.7 Å². The first-order chi connectivity index (χ1) is 8.49. The number of rotatable bonds is 6. The Morgan fingerprint density at radius 3 is 2.33 bits per heavy atom. The number of hydrogen-bond acceptors (Lipinski definition) is 2. The molecule has 1 radical (unpaired) electrons. The number of alkyl halides is 3. The molecule has 5 heteroatoms. The van der Waals surface area contributed by atoms with Gasteiger partial charge in [-0.3, -0.25) is 0 Å². The lowest BCUT2D eigenvalue weighted by atomic mass is 9.99. The zero-order valence-corrected chi connectivity index (χ0v) is 11.2. The Bertz CT molecular complexity index is 249. The molecule has 0 aromatic heterocycles. The van der Waals surface area contributed by atoms with Crippen LogP contribution in [0.1, 0.15) is 44.9 Å². The first-order valence-electron chi connectivity index (χ1n) is 6.44. The maximum atomic E-state index is 12.9. The van der Waals surface area contributed by atoms with Crippen LogP contribution in [-0.4, -0.2) is 23.0 Å². The van der Waals surface area contributed by atoms with Gasteiger partial charge in [0.2, 0.25) is 0 Å². The molecule has 18 heavy (non-hydrogen) atoms. The van der Waals surface area contributed by atoms with Gasteiger partial charge in [0, 0.05) is 16.9 Å². The third-order valence-electron chi connectivity index (χ3n) is 3.42. The van der Waals surface area contributed by atoms with Crippen LogP contribution in [-0.2, 0) is 4.79 Å². The van der Waals surface area contributed by atoms with Crippen molar-refractivity contribution in [3.8, 4) is 0 Å². The van der Waals surface area contributed by atoms with Crippen molar-refractivity contribution in [2.24, 2.45) is 5.92 Å². The van der Waals surface area contributed by atoms with Crippen LogP contribution in [0, 0.1) is 12.8 Å². The van der Waals surface area contributed by atoms with E-state index in [4.69, 9.17) is 0 Å². The molecule has 0 spiro atoms. The molecule has 1 fully saturated rings. The van der Waals surface area contributed by atoms with Crippen molar-refractivity contribution in [2.45, 2.75) is 61.6 Å².